The molecule has 3 aromatic rings. The molecule has 4 rings (SSSR count). The molecule has 0 radical (unpaired) electrons. The molecule has 158 valence electrons. The molecular weight excluding hydrogens is 445 g/mol. The Morgan fingerprint density at radius 3 is 2.77 bits per heavy atom. The van der Waals surface area contributed by atoms with Gasteiger partial charge in [-0.3, -0.25) is 4.79 Å². The highest BCUT2D eigenvalue weighted by molar-refractivity contribution is 9.10. The Bertz CT molecular complexity index is 1040. The summed E-state index contributed by atoms with van der Waals surface area (Å²) in [5, 5.41) is 0. The van der Waals surface area contributed by atoms with E-state index < -0.39 is 0 Å². The van der Waals surface area contributed by atoms with Crippen molar-refractivity contribution in [2.45, 2.75) is 58.0 Å². The molecule has 1 aliphatic rings. The van der Waals surface area contributed by atoms with Crippen molar-refractivity contribution in [3.8, 4) is 0 Å². The molecule has 1 saturated carbocycles. The minimum Gasteiger partial charge on any atom is -0.331 e. The van der Waals surface area contributed by atoms with Crippen LogP contribution >= 0.6 is 15.9 Å². The van der Waals surface area contributed by atoms with Crippen LogP contribution in [0.3, 0.4) is 0 Å². The third-order valence-corrected chi connectivity index (χ3v) is 6.38. The number of benzene rings is 2. The van der Waals surface area contributed by atoms with Crippen LogP contribution in [-0.2, 0) is 6.54 Å². The summed E-state index contributed by atoms with van der Waals surface area (Å²) in [7, 11) is 0. The monoisotopic (exact) mass is 471 g/mol. The Balaban J connectivity index is 1.71. The van der Waals surface area contributed by atoms with Gasteiger partial charge in [0.1, 0.15) is 11.6 Å². The number of unbranched alkanes of at least 4 members (excludes halogenated alkanes) is 1. The van der Waals surface area contributed by atoms with Crippen LogP contribution in [0, 0.1) is 5.82 Å². The molecule has 2 aromatic carbocycles. The molecule has 30 heavy (non-hydrogen) atoms. The smallest absolute Gasteiger partial charge is 0.254 e. The van der Waals surface area contributed by atoms with Gasteiger partial charge in [-0.05, 0) is 49.6 Å². The molecule has 1 aromatic heterocycles. The summed E-state index contributed by atoms with van der Waals surface area (Å²) in [5.74, 6) is 0.570. The van der Waals surface area contributed by atoms with Gasteiger partial charge in [0, 0.05) is 28.7 Å². The summed E-state index contributed by atoms with van der Waals surface area (Å²) in [6.45, 7) is 3.22. The third-order valence-electron chi connectivity index (χ3n) is 5.89. The molecule has 0 aliphatic heterocycles. The van der Waals surface area contributed by atoms with Gasteiger partial charge in [0.2, 0.25) is 0 Å². The fourth-order valence-electron chi connectivity index (χ4n) is 4.38. The minimum atomic E-state index is -0.279. The number of amides is 1. The number of hydrogen-bond donors (Lipinski definition) is 0. The first-order chi connectivity index (χ1) is 14.6. The number of halogens is 2. The quantitative estimate of drug-likeness (QED) is 0.394. The molecule has 1 fully saturated rings. The lowest BCUT2D eigenvalue weighted by atomic mass is 10.2. The van der Waals surface area contributed by atoms with Gasteiger partial charge in [-0.1, -0.05) is 48.2 Å². The summed E-state index contributed by atoms with van der Waals surface area (Å²) in [4.78, 5) is 20.0. The lowest BCUT2D eigenvalue weighted by Crippen LogP contribution is -2.33. The van der Waals surface area contributed by atoms with Gasteiger partial charge in [-0.2, -0.15) is 0 Å². The molecular formula is C24H27BrFN3O. The fraction of sp³-hybridized carbons (Fsp3) is 0.417. The van der Waals surface area contributed by atoms with Crippen LogP contribution in [0.25, 0.3) is 11.0 Å². The standard InChI is InChI=1S/C24H27BrFN3O/c1-2-3-13-28(24(30)17-7-6-8-18(25)14-17)16-23-27-21-15-19(26)11-12-22(21)29(23)20-9-4-5-10-20/h6-8,11-12,14-15,20H,2-5,9-10,13,16H2,1H3. The minimum absolute atomic E-state index is 0.000888. The molecule has 4 nitrogen and oxygen atoms in total. The van der Waals surface area contributed by atoms with Crippen molar-refractivity contribution in [2.75, 3.05) is 6.54 Å². The molecule has 1 aliphatic carbocycles. The van der Waals surface area contributed by atoms with Gasteiger partial charge in [0.15, 0.2) is 0 Å². The molecule has 0 N–H and O–H groups in total. The maximum atomic E-state index is 13.9. The van der Waals surface area contributed by atoms with Gasteiger partial charge in [-0.25, -0.2) is 9.37 Å². The zero-order chi connectivity index (χ0) is 21.1. The highest BCUT2D eigenvalue weighted by Gasteiger charge is 2.25. The van der Waals surface area contributed by atoms with Gasteiger partial charge in [0.05, 0.1) is 17.6 Å². The zero-order valence-corrected chi connectivity index (χ0v) is 18.9. The molecule has 0 atom stereocenters. The van der Waals surface area contributed by atoms with Crippen LogP contribution in [0.1, 0.15) is 67.7 Å². The van der Waals surface area contributed by atoms with E-state index in [9.17, 15) is 9.18 Å². The van der Waals surface area contributed by atoms with E-state index in [4.69, 9.17) is 4.98 Å². The van der Waals surface area contributed by atoms with E-state index >= 15 is 0 Å². The Hall–Kier alpha value is -2.21. The lowest BCUT2D eigenvalue weighted by molar-refractivity contribution is 0.0734. The Morgan fingerprint density at radius 2 is 2.03 bits per heavy atom. The normalized spacial score (nSPS) is 14.5. The fourth-order valence-corrected chi connectivity index (χ4v) is 4.78. The molecule has 0 saturated heterocycles. The molecule has 1 heterocycles. The maximum absolute atomic E-state index is 13.9. The van der Waals surface area contributed by atoms with Crippen molar-refractivity contribution in [1.82, 2.24) is 14.5 Å². The van der Waals surface area contributed by atoms with Gasteiger partial charge < -0.3 is 9.47 Å². The van der Waals surface area contributed by atoms with E-state index in [0.717, 1.165) is 41.5 Å². The van der Waals surface area contributed by atoms with E-state index in [1.165, 1.54) is 25.0 Å². The van der Waals surface area contributed by atoms with Crippen molar-refractivity contribution in [3.05, 3.63) is 64.1 Å². The van der Waals surface area contributed by atoms with Crippen molar-refractivity contribution in [1.29, 1.82) is 0 Å². The van der Waals surface area contributed by atoms with Gasteiger partial charge in [0.25, 0.3) is 5.91 Å². The summed E-state index contributed by atoms with van der Waals surface area (Å²) < 4.78 is 17.0. The SMILES string of the molecule is CCCCN(Cc1nc2cc(F)ccc2n1C1CCCC1)C(=O)c1cccc(Br)c1. The number of imidazole rings is 1. The second-order valence-electron chi connectivity index (χ2n) is 8.06. The summed E-state index contributed by atoms with van der Waals surface area (Å²) in [5.41, 5.74) is 2.29. The number of aromatic nitrogens is 2. The number of rotatable bonds is 7. The highest BCUT2D eigenvalue weighted by Crippen LogP contribution is 2.34. The third kappa shape index (κ3) is 4.43. The van der Waals surface area contributed by atoms with Crippen LogP contribution in [0.5, 0.6) is 0 Å². The van der Waals surface area contributed by atoms with Gasteiger partial charge >= 0.3 is 0 Å². The predicted molar refractivity (Wildman–Crippen MR) is 121 cm³/mol. The van der Waals surface area contributed by atoms with Crippen LogP contribution in [0.4, 0.5) is 4.39 Å². The van der Waals surface area contributed by atoms with E-state index in [-0.39, 0.29) is 11.7 Å². The number of hydrogen-bond acceptors (Lipinski definition) is 2. The first-order valence-corrected chi connectivity index (χ1v) is 11.6. The van der Waals surface area contributed by atoms with E-state index in [1.807, 2.05) is 35.2 Å². The first kappa shape index (κ1) is 21.0. The number of nitrogens with zero attached hydrogens (tertiary/aromatic N) is 3. The van der Waals surface area contributed by atoms with Crippen molar-refractivity contribution in [2.24, 2.45) is 0 Å². The van der Waals surface area contributed by atoms with Crippen LogP contribution in [0.2, 0.25) is 0 Å². The van der Waals surface area contributed by atoms with Crippen molar-refractivity contribution < 1.29 is 9.18 Å². The average Bonchev–Trinajstić information content (AvgIpc) is 3.37. The Kier molecular flexibility index (Phi) is 6.52. The van der Waals surface area contributed by atoms with Crippen LogP contribution < -0.4 is 0 Å². The van der Waals surface area contributed by atoms with Crippen LogP contribution in [-0.4, -0.2) is 26.9 Å². The lowest BCUT2D eigenvalue weighted by Gasteiger charge is -2.24. The predicted octanol–water partition coefficient (Wildman–Crippen LogP) is 6.50. The largest absolute Gasteiger partial charge is 0.331 e. The Morgan fingerprint density at radius 1 is 1.23 bits per heavy atom. The molecule has 0 bridgehead atoms. The summed E-state index contributed by atoms with van der Waals surface area (Å²) >= 11 is 3.46. The average molecular weight is 472 g/mol. The Labute approximate surface area is 185 Å². The molecule has 6 heteroatoms. The van der Waals surface area contributed by atoms with Gasteiger partial charge in [-0.15, -0.1) is 0 Å². The number of carbonyl (C=O) groups excluding carboxylic acids is 1. The topological polar surface area (TPSA) is 38.1 Å². The first-order valence-electron chi connectivity index (χ1n) is 10.8. The molecule has 0 spiro atoms. The van der Waals surface area contributed by atoms with Crippen LogP contribution in [0.15, 0.2) is 46.9 Å². The van der Waals surface area contributed by atoms with E-state index in [1.54, 1.807) is 0 Å². The number of carbonyl (C=O) groups is 1. The maximum Gasteiger partial charge on any atom is 0.254 e. The molecule has 0 unspecified atom stereocenters. The van der Waals surface area contributed by atoms with Crippen molar-refractivity contribution >= 4 is 32.9 Å². The number of fused-ring (bicyclic) bond motifs is 1. The second kappa shape index (κ2) is 9.29. The summed E-state index contributed by atoms with van der Waals surface area (Å²) in [6, 6.07) is 12.7. The molecule has 1 amide bonds. The summed E-state index contributed by atoms with van der Waals surface area (Å²) in [6.07, 6.45) is 6.53. The van der Waals surface area contributed by atoms with E-state index in [2.05, 4.69) is 27.4 Å². The van der Waals surface area contributed by atoms with Crippen molar-refractivity contribution in [3.63, 3.8) is 0 Å². The zero-order valence-electron chi connectivity index (χ0n) is 17.3. The van der Waals surface area contributed by atoms with E-state index in [0.29, 0.717) is 30.2 Å². The second-order valence-corrected chi connectivity index (χ2v) is 8.98. The highest BCUT2D eigenvalue weighted by atomic mass is 79.9.